The number of nitrogens with zero attached hydrogens (tertiary/aromatic N) is 3. The first-order valence-electron chi connectivity index (χ1n) is 12.2. The lowest BCUT2D eigenvalue weighted by Crippen LogP contribution is -2.35. The lowest BCUT2D eigenvalue weighted by atomic mass is 9.93. The fraction of sp³-hybridized carbons (Fsp3) is 0.480. The number of carbonyl (C=O) groups excluding carboxylic acids is 1. The summed E-state index contributed by atoms with van der Waals surface area (Å²) in [6, 6.07) is 5.51. The molecule has 2 aromatic heterocycles. The van der Waals surface area contributed by atoms with Crippen molar-refractivity contribution in [1.82, 2.24) is 25.4 Å². The zero-order valence-corrected chi connectivity index (χ0v) is 20.7. The first-order chi connectivity index (χ1) is 17.0. The quantitative estimate of drug-likeness (QED) is 0.410. The number of anilines is 1. The minimum atomic E-state index is -0.261. The maximum absolute atomic E-state index is 12.7. The summed E-state index contributed by atoms with van der Waals surface area (Å²) in [4.78, 5) is 17.6. The maximum Gasteiger partial charge on any atom is 0.315 e. The Morgan fingerprint density at radius 1 is 1.23 bits per heavy atom. The van der Waals surface area contributed by atoms with E-state index in [1.54, 1.807) is 19.2 Å². The number of carbonyl (C=O) groups is 1. The number of ether oxygens (including phenoxy) is 2. The van der Waals surface area contributed by atoms with Gasteiger partial charge in [0.15, 0.2) is 5.65 Å². The predicted molar refractivity (Wildman–Crippen MR) is 138 cm³/mol. The number of hydrogen-bond acceptors (Lipinski definition) is 6. The number of benzene rings is 1. The summed E-state index contributed by atoms with van der Waals surface area (Å²) < 4.78 is 12.6. The third-order valence-corrected chi connectivity index (χ3v) is 6.35. The number of rotatable bonds is 9. The van der Waals surface area contributed by atoms with Crippen LogP contribution in [0.2, 0.25) is 0 Å². The molecule has 1 saturated heterocycles. The third-order valence-electron chi connectivity index (χ3n) is 6.35. The van der Waals surface area contributed by atoms with E-state index in [1.807, 2.05) is 16.9 Å². The van der Waals surface area contributed by atoms with Gasteiger partial charge in [-0.3, -0.25) is 0 Å². The molecule has 1 aromatic carbocycles. The van der Waals surface area contributed by atoms with Crippen LogP contribution in [0.3, 0.4) is 0 Å². The van der Waals surface area contributed by atoms with Gasteiger partial charge in [0.1, 0.15) is 13.6 Å². The molecule has 184 valence electrons. The van der Waals surface area contributed by atoms with E-state index < -0.39 is 0 Å². The van der Waals surface area contributed by atoms with E-state index >= 15 is 0 Å². The number of amides is 2. The number of aromatic nitrogens is 3. The normalized spacial score (nSPS) is 14.1. The molecule has 0 bridgehead atoms. The highest BCUT2D eigenvalue weighted by atomic mass is 16.5. The van der Waals surface area contributed by atoms with Crippen LogP contribution in [-0.2, 0) is 30.8 Å². The van der Waals surface area contributed by atoms with Crippen molar-refractivity contribution in [3.8, 4) is 5.75 Å². The van der Waals surface area contributed by atoms with E-state index in [4.69, 9.17) is 22.3 Å². The number of nitrogens with one attached hydrogen (secondary N) is 3. The smallest absolute Gasteiger partial charge is 0.315 e. The lowest BCUT2D eigenvalue weighted by molar-refractivity contribution is 0.0904. The molecule has 2 radical (unpaired) electrons. The summed E-state index contributed by atoms with van der Waals surface area (Å²) in [6.45, 7) is 7.07. The largest absolute Gasteiger partial charge is 0.497 e. The molecule has 3 aromatic rings. The fourth-order valence-electron chi connectivity index (χ4n) is 4.41. The average Bonchev–Trinajstić information content (AvgIpc) is 3.30. The van der Waals surface area contributed by atoms with Gasteiger partial charge in [0.2, 0.25) is 0 Å². The van der Waals surface area contributed by atoms with Gasteiger partial charge in [-0.2, -0.15) is 5.10 Å². The highest BCUT2D eigenvalue weighted by molar-refractivity contribution is 6.34. The van der Waals surface area contributed by atoms with Crippen molar-refractivity contribution in [3.63, 3.8) is 0 Å². The molecule has 0 aliphatic carbocycles. The van der Waals surface area contributed by atoms with Crippen molar-refractivity contribution in [2.24, 2.45) is 0 Å². The zero-order valence-electron chi connectivity index (χ0n) is 20.7. The van der Waals surface area contributed by atoms with E-state index in [-0.39, 0.29) is 6.03 Å². The molecule has 1 aliphatic heterocycles. The second kappa shape index (κ2) is 11.4. The van der Waals surface area contributed by atoms with Gasteiger partial charge in [-0.05, 0) is 37.8 Å². The van der Waals surface area contributed by atoms with Crippen LogP contribution in [0, 0.1) is 0 Å². The van der Waals surface area contributed by atoms with Crippen LogP contribution in [0.15, 0.2) is 24.4 Å². The molecule has 3 N–H and O–H groups in total. The second-order valence-corrected chi connectivity index (χ2v) is 8.61. The molecule has 1 fully saturated rings. The standard InChI is InChI=1S/C25H33BN6O3/c1-4-21-18(14-28-25(33)27-13-16-6-7-22(34-3)20(26)12-16)23(30-17-8-10-35-11-9-17)19-15-29-32(5-2)24(19)31-21/h6-7,12,15,17H,4-5,8-11,13-14H2,1-3H3,(H,30,31)(H2,27,28,33). The highest BCUT2D eigenvalue weighted by Crippen LogP contribution is 2.31. The maximum atomic E-state index is 12.7. The lowest BCUT2D eigenvalue weighted by Gasteiger charge is -2.26. The summed E-state index contributed by atoms with van der Waals surface area (Å²) in [7, 11) is 7.55. The van der Waals surface area contributed by atoms with Gasteiger partial charge in [0.25, 0.3) is 0 Å². The molecule has 3 heterocycles. The van der Waals surface area contributed by atoms with Gasteiger partial charge in [-0.1, -0.05) is 24.5 Å². The van der Waals surface area contributed by atoms with Crippen molar-refractivity contribution in [2.75, 3.05) is 25.6 Å². The van der Waals surface area contributed by atoms with Crippen LogP contribution < -0.4 is 26.2 Å². The van der Waals surface area contributed by atoms with Crippen molar-refractivity contribution in [2.45, 2.75) is 58.8 Å². The van der Waals surface area contributed by atoms with Crippen LogP contribution in [0.1, 0.15) is 43.5 Å². The van der Waals surface area contributed by atoms with E-state index in [1.165, 1.54) is 0 Å². The zero-order chi connectivity index (χ0) is 24.8. The molecule has 2 amide bonds. The molecule has 10 heteroatoms. The molecule has 0 saturated carbocycles. The third kappa shape index (κ3) is 5.70. The van der Waals surface area contributed by atoms with Gasteiger partial charge in [0.05, 0.1) is 24.4 Å². The molecule has 35 heavy (non-hydrogen) atoms. The van der Waals surface area contributed by atoms with E-state index in [9.17, 15) is 4.79 Å². The van der Waals surface area contributed by atoms with Crippen molar-refractivity contribution in [1.29, 1.82) is 0 Å². The van der Waals surface area contributed by atoms with Crippen LogP contribution in [0.25, 0.3) is 11.0 Å². The number of pyridine rings is 1. The van der Waals surface area contributed by atoms with Crippen LogP contribution >= 0.6 is 0 Å². The SMILES string of the molecule is [B]c1cc(CNC(=O)NCc2c(CC)nc3c(cnn3CC)c2NC2CCOCC2)ccc1OC. The van der Waals surface area contributed by atoms with E-state index in [0.29, 0.717) is 30.3 Å². The Labute approximate surface area is 207 Å². The first-order valence-corrected chi connectivity index (χ1v) is 12.2. The number of aryl methyl sites for hydroxylation is 2. The Balaban J connectivity index is 1.52. The monoisotopic (exact) mass is 476 g/mol. The number of hydrogen-bond donors (Lipinski definition) is 3. The average molecular weight is 476 g/mol. The summed E-state index contributed by atoms with van der Waals surface area (Å²) in [5, 5.41) is 15.1. The van der Waals surface area contributed by atoms with Crippen LogP contribution in [0.4, 0.5) is 10.5 Å². The molecular weight excluding hydrogens is 443 g/mol. The Hall–Kier alpha value is -3.27. The predicted octanol–water partition coefficient (Wildman–Crippen LogP) is 2.41. The van der Waals surface area contributed by atoms with Gasteiger partial charge < -0.3 is 25.4 Å². The van der Waals surface area contributed by atoms with Gasteiger partial charge in [0, 0.05) is 50.1 Å². The Morgan fingerprint density at radius 3 is 2.69 bits per heavy atom. The molecule has 0 spiro atoms. The van der Waals surface area contributed by atoms with Crippen molar-refractivity contribution >= 4 is 36.1 Å². The van der Waals surface area contributed by atoms with E-state index in [2.05, 4.69) is 34.9 Å². The molecular formula is C25H33BN6O3. The van der Waals surface area contributed by atoms with Crippen LogP contribution in [0.5, 0.6) is 5.75 Å². The Morgan fingerprint density at radius 2 is 2.00 bits per heavy atom. The molecule has 0 unspecified atom stereocenters. The summed E-state index contributed by atoms with van der Waals surface area (Å²) in [5.41, 5.74) is 5.24. The number of fused-ring (bicyclic) bond motifs is 1. The Kier molecular flexibility index (Phi) is 8.12. The highest BCUT2D eigenvalue weighted by Gasteiger charge is 2.22. The molecule has 4 rings (SSSR count). The summed E-state index contributed by atoms with van der Waals surface area (Å²) >= 11 is 0. The van der Waals surface area contributed by atoms with Crippen LogP contribution in [-0.4, -0.2) is 55.0 Å². The molecule has 1 aliphatic rings. The first kappa shape index (κ1) is 24.8. The topological polar surface area (TPSA) is 102 Å². The van der Waals surface area contributed by atoms with Gasteiger partial charge in [-0.15, -0.1) is 0 Å². The van der Waals surface area contributed by atoms with Gasteiger partial charge >= 0.3 is 6.03 Å². The van der Waals surface area contributed by atoms with E-state index in [0.717, 1.165) is 72.6 Å². The summed E-state index contributed by atoms with van der Waals surface area (Å²) in [6.07, 6.45) is 4.48. The second-order valence-electron chi connectivity index (χ2n) is 8.61. The molecule has 9 nitrogen and oxygen atoms in total. The van der Waals surface area contributed by atoms with Gasteiger partial charge in [-0.25, -0.2) is 14.5 Å². The molecule has 0 atom stereocenters. The number of urea groups is 1. The van der Waals surface area contributed by atoms with Crippen molar-refractivity contribution < 1.29 is 14.3 Å². The van der Waals surface area contributed by atoms with Crippen molar-refractivity contribution in [3.05, 3.63) is 41.2 Å². The minimum Gasteiger partial charge on any atom is -0.497 e. The minimum absolute atomic E-state index is 0.261. The Bertz CT molecular complexity index is 1180. The summed E-state index contributed by atoms with van der Waals surface area (Å²) in [5.74, 6) is 0.615. The fourth-order valence-corrected chi connectivity index (χ4v) is 4.41. The number of methoxy groups -OCH3 is 1.